The molecule has 3 aromatic rings. The predicted molar refractivity (Wildman–Crippen MR) is 86.4 cm³/mol. The maximum absolute atomic E-state index is 12.2. The monoisotopic (exact) mass is 295 g/mol. The Balaban J connectivity index is 1.88. The molecule has 0 saturated heterocycles. The molecule has 3 rings (SSSR count). The lowest BCUT2D eigenvalue weighted by molar-refractivity contribution is 0.102. The van der Waals surface area contributed by atoms with Gasteiger partial charge in [0, 0.05) is 22.8 Å². The number of carbonyl (C=O) groups excluding carboxylic acids is 1. The van der Waals surface area contributed by atoms with Crippen LogP contribution in [0.2, 0.25) is 0 Å². The maximum Gasteiger partial charge on any atom is 0.255 e. The first kappa shape index (κ1) is 13.3. The van der Waals surface area contributed by atoms with Crippen LogP contribution in [0.25, 0.3) is 10.4 Å². The van der Waals surface area contributed by atoms with E-state index < -0.39 is 0 Å². The summed E-state index contributed by atoms with van der Waals surface area (Å²) in [5, 5.41) is 4.86. The molecule has 21 heavy (non-hydrogen) atoms. The highest BCUT2D eigenvalue weighted by Gasteiger charge is 2.09. The average molecular weight is 295 g/mol. The number of amides is 1. The zero-order chi connectivity index (χ0) is 14.7. The fraction of sp³-hybridized carbons (Fsp3) is 0. The molecular weight excluding hydrogens is 282 g/mol. The first-order chi connectivity index (χ1) is 10.2. The highest BCUT2D eigenvalue weighted by atomic mass is 32.1. The van der Waals surface area contributed by atoms with Crippen LogP contribution in [0.3, 0.4) is 0 Å². The van der Waals surface area contributed by atoms with Crippen molar-refractivity contribution in [1.29, 1.82) is 0 Å². The topological polar surface area (TPSA) is 68.0 Å². The van der Waals surface area contributed by atoms with Crippen LogP contribution in [0, 0.1) is 0 Å². The molecule has 2 heterocycles. The third kappa shape index (κ3) is 2.93. The van der Waals surface area contributed by atoms with Gasteiger partial charge < -0.3 is 11.1 Å². The van der Waals surface area contributed by atoms with Gasteiger partial charge in [0.1, 0.15) is 0 Å². The van der Waals surface area contributed by atoms with E-state index in [1.807, 2.05) is 29.6 Å². The summed E-state index contributed by atoms with van der Waals surface area (Å²) in [5.74, 6) is -0.201. The lowest BCUT2D eigenvalue weighted by Gasteiger charge is -2.10. The zero-order valence-corrected chi connectivity index (χ0v) is 11.9. The Hall–Kier alpha value is -2.66. The number of hydrogen-bond donors (Lipinski definition) is 2. The van der Waals surface area contributed by atoms with Gasteiger partial charge in [-0.25, -0.2) is 0 Å². The van der Waals surface area contributed by atoms with E-state index in [-0.39, 0.29) is 5.91 Å². The molecular formula is C16H13N3OS. The third-order valence-electron chi connectivity index (χ3n) is 3.05. The highest BCUT2D eigenvalue weighted by Crippen LogP contribution is 2.30. The molecule has 0 aliphatic carbocycles. The SMILES string of the molecule is Nc1ccc(-c2cccs2)cc1NC(=O)c1ccncc1. The smallest absolute Gasteiger partial charge is 0.255 e. The number of nitrogen functional groups attached to an aromatic ring is 1. The lowest BCUT2D eigenvalue weighted by atomic mass is 10.1. The van der Waals surface area contributed by atoms with Gasteiger partial charge >= 0.3 is 0 Å². The van der Waals surface area contributed by atoms with Gasteiger partial charge in [-0.15, -0.1) is 11.3 Å². The number of anilines is 2. The van der Waals surface area contributed by atoms with Crippen LogP contribution < -0.4 is 11.1 Å². The van der Waals surface area contributed by atoms with Crippen molar-refractivity contribution in [2.24, 2.45) is 0 Å². The summed E-state index contributed by atoms with van der Waals surface area (Å²) in [7, 11) is 0. The minimum Gasteiger partial charge on any atom is -0.397 e. The first-order valence-corrected chi connectivity index (χ1v) is 7.27. The summed E-state index contributed by atoms with van der Waals surface area (Å²) in [5.41, 5.74) is 8.68. The van der Waals surface area contributed by atoms with Crippen molar-refractivity contribution in [3.8, 4) is 10.4 Å². The fourth-order valence-electron chi connectivity index (χ4n) is 1.96. The van der Waals surface area contributed by atoms with E-state index in [4.69, 9.17) is 5.73 Å². The molecule has 1 amide bonds. The number of benzene rings is 1. The summed E-state index contributed by atoms with van der Waals surface area (Å²) in [6, 6.07) is 13.0. The number of aromatic nitrogens is 1. The van der Waals surface area contributed by atoms with Gasteiger partial charge in [-0.1, -0.05) is 12.1 Å². The number of nitrogens with zero attached hydrogens (tertiary/aromatic N) is 1. The van der Waals surface area contributed by atoms with Crippen LogP contribution in [-0.2, 0) is 0 Å². The Morgan fingerprint density at radius 1 is 1.14 bits per heavy atom. The van der Waals surface area contributed by atoms with E-state index >= 15 is 0 Å². The predicted octanol–water partition coefficient (Wildman–Crippen LogP) is 3.64. The van der Waals surface area contributed by atoms with E-state index in [2.05, 4.69) is 10.3 Å². The van der Waals surface area contributed by atoms with Crippen molar-refractivity contribution in [3.63, 3.8) is 0 Å². The number of pyridine rings is 1. The van der Waals surface area contributed by atoms with Gasteiger partial charge in [0.15, 0.2) is 0 Å². The molecule has 0 aliphatic heterocycles. The Labute approximate surface area is 126 Å². The highest BCUT2D eigenvalue weighted by molar-refractivity contribution is 7.13. The largest absolute Gasteiger partial charge is 0.397 e. The molecule has 104 valence electrons. The summed E-state index contributed by atoms with van der Waals surface area (Å²) >= 11 is 1.64. The number of rotatable bonds is 3. The number of nitrogens with two attached hydrogens (primary N) is 1. The quantitative estimate of drug-likeness (QED) is 0.725. The van der Waals surface area contributed by atoms with Crippen molar-refractivity contribution < 1.29 is 4.79 Å². The molecule has 0 atom stereocenters. The molecule has 0 spiro atoms. The molecule has 0 saturated carbocycles. The molecule has 1 aromatic carbocycles. The number of carbonyl (C=O) groups is 1. The Morgan fingerprint density at radius 2 is 1.95 bits per heavy atom. The van der Waals surface area contributed by atoms with Gasteiger partial charge in [0.05, 0.1) is 11.4 Å². The van der Waals surface area contributed by atoms with E-state index in [1.165, 1.54) is 0 Å². The van der Waals surface area contributed by atoms with Crippen molar-refractivity contribution in [3.05, 3.63) is 65.8 Å². The van der Waals surface area contributed by atoms with E-state index in [0.717, 1.165) is 10.4 Å². The Kier molecular flexibility index (Phi) is 3.66. The lowest BCUT2D eigenvalue weighted by Crippen LogP contribution is -2.13. The van der Waals surface area contributed by atoms with E-state index in [0.29, 0.717) is 16.9 Å². The molecule has 0 aliphatic rings. The molecule has 0 bridgehead atoms. The van der Waals surface area contributed by atoms with Crippen molar-refractivity contribution in [1.82, 2.24) is 4.98 Å². The summed E-state index contributed by atoms with van der Waals surface area (Å²) < 4.78 is 0. The molecule has 3 N–H and O–H groups in total. The van der Waals surface area contributed by atoms with Gasteiger partial charge in [-0.2, -0.15) is 0 Å². The fourth-order valence-corrected chi connectivity index (χ4v) is 2.68. The van der Waals surface area contributed by atoms with Crippen LogP contribution in [0.1, 0.15) is 10.4 Å². The zero-order valence-electron chi connectivity index (χ0n) is 11.1. The summed E-state index contributed by atoms with van der Waals surface area (Å²) in [6.07, 6.45) is 3.17. The minimum atomic E-state index is -0.201. The van der Waals surface area contributed by atoms with Crippen LogP contribution in [-0.4, -0.2) is 10.9 Å². The van der Waals surface area contributed by atoms with Gasteiger partial charge in [0.2, 0.25) is 0 Å². The molecule has 5 heteroatoms. The Morgan fingerprint density at radius 3 is 2.67 bits per heavy atom. The third-order valence-corrected chi connectivity index (χ3v) is 3.97. The number of nitrogens with one attached hydrogen (secondary N) is 1. The second-order valence-electron chi connectivity index (χ2n) is 4.47. The molecule has 0 fully saturated rings. The molecule has 2 aromatic heterocycles. The standard InChI is InChI=1S/C16H13N3OS/c17-13-4-3-12(15-2-1-9-21-15)10-14(13)19-16(20)11-5-7-18-8-6-11/h1-10H,17H2,(H,19,20). The average Bonchev–Trinajstić information content (AvgIpc) is 3.04. The van der Waals surface area contributed by atoms with Gasteiger partial charge in [-0.3, -0.25) is 9.78 Å². The van der Waals surface area contributed by atoms with Crippen LogP contribution in [0.5, 0.6) is 0 Å². The minimum absolute atomic E-state index is 0.201. The normalized spacial score (nSPS) is 10.3. The van der Waals surface area contributed by atoms with Crippen molar-refractivity contribution >= 4 is 28.6 Å². The second kappa shape index (κ2) is 5.76. The number of thiophene rings is 1. The second-order valence-corrected chi connectivity index (χ2v) is 5.42. The van der Waals surface area contributed by atoms with Crippen LogP contribution in [0.15, 0.2) is 60.2 Å². The molecule has 4 nitrogen and oxygen atoms in total. The van der Waals surface area contributed by atoms with Crippen LogP contribution >= 0.6 is 11.3 Å². The first-order valence-electron chi connectivity index (χ1n) is 6.39. The maximum atomic E-state index is 12.2. The van der Waals surface area contributed by atoms with Crippen LogP contribution in [0.4, 0.5) is 11.4 Å². The Bertz CT molecular complexity index is 754. The van der Waals surface area contributed by atoms with Gasteiger partial charge in [0.25, 0.3) is 5.91 Å². The summed E-state index contributed by atoms with van der Waals surface area (Å²) in [4.78, 5) is 17.2. The van der Waals surface area contributed by atoms with Gasteiger partial charge in [-0.05, 0) is 41.3 Å². The van der Waals surface area contributed by atoms with E-state index in [9.17, 15) is 4.79 Å². The number of hydrogen-bond acceptors (Lipinski definition) is 4. The van der Waals surface area contributed by atoms with Crippen molar-refractivity contribution in [2.45, 2.75) is 0 Å². The molecule has 0 radical (unpaired) electrons. The summed E-state index contributed by atoms with van der Waals surface area (Å²) in [6.45, 7) is 0. The molecule has 0 unspecified atom stereocenters. The van der Waals surface area contributed by atoms with E-state index in [1.54, 1.807) is 41.9 Å². The van der Waals surface area contributed by atoms with Crippen molar-refractivity contribution in [2.75, 3.05) is 11.1 Å².